The Kier molecular flexibility index (Phi) is 4.86. The second-order valence-corrected chi connectivity index (χ2v) is 9.73. The van der Waals surface area contributed by atoms with Crippen LogP contribution < -0.4 is 0 Å². The summed E-state index contributed by atoms with van der Waals surface area (Å²) in [5.74, 6) is 1.85. The maximum absolute atomic E-state index is 13.0. The van der Waals surface area contributed by atoms with Crippen LogP contribution in [0.4, 0.5) is 0 Å². The summed E-state index contributed by atoms with van der Waals surface area (Å²) in [4.78, 5) is 18.3. The van der Waals surface area contributed by atoms with Crippen molar-refractivity contribution in [2.45, 2.75) is 56.0 Å². The van der Waals surface area contributed by atoms with E-state index in [0.29, 0.717) is 6.04 Å². The predicted octanol–water partition coefficient (Wildman–Crippen LogP) is 4.50. The van der Waals surface area contributed by atoms with Gasteiger partial charge in [-0.1, -0.05) is 36.9 Å². The average molecular weight is 410 g/mol. The average Bonchev–Trinajstić information content (AvgIpc) is 3.35. The van der Waals surface area contributed by atoms with Crippen molar-refractivity contribution < 1.29 is 4.79 Å². The molecule has 29 heavy (non-hydrogen) atoms. The molecule has 1 aliphatic heterocycles. The Morgan fingerprint density at radius 3 is 2.69 bits per heavy atom. The number of benzene rings is 1. The van der Waals surface area contributed by atoms with Gasteiger partial charge in [-0.05, 0) is 44.6 Å². The van der Waals surface area contributed by atoms with E-state index in [0.717, 1.165) is 72.1 Å². The summed E-state index contributed by atoms with van der Waals surface area (Å²) in [6.07, 6.45) is 6.52. The van der Waals surface area contributed by atoms with Crippen LogP contribution in [0.1, 0.15) is 45.6 Å². The molecule has 0 bridgehead atoms. The lowest BCUT2D eigenvalue weighted by Gasteiger charge is -2.32. The van der Waals surface area contributed by atoms with Crippen LogP contribution >= 0.6 is 11.8 Å². The molecule has 1 amide bonds. The fourth-order valence-corrected chi connectivity index (χ4v) is 5.16. The number of likely N-dealkylation sites (tertiary alicyclic amines) is 1. The standard InChI is InChI=1S/C22H27N5OS/c1-14-9-11-26(12-10-14)21(28)15(2)29-22-25-24-20(27(22)16-7-8-16)18-13-23-19-6-4-3-5-17(18)19/h3-6,13-16,23H,7-12H2,1-2H3. The summed E-state index contributed by atoms with van der Waals surface area (Å²) in [6, 6.07) is 8.71. The smallest absolute Gasteiger partial charge is 0.235 e. The molecule has 6 nitrogen and oxygen atoms in total. The Hall–Kier alpha value is -2.28. The predicted molar refractivity (Wildman–Crippen MR) is 116 cm³/mol. The van der Waals surface area contributed by atoms with Gasteiger partial charge < -0.3 is 9.88 Å². The molecule has 3 heterocycles. The summed E-state index contributed by atoms with van der Waals surface area (Å²) >= 11 is 1.55. The normalized spacial score (nSPS) is 19.0. The zero-order chi connectivity index (χ0) is 20.0. The van der Waals surface area contributed by atoms with E-state index in [9.17, 15) is 4.79 Å². The molecule has 2 aliphatic rings. The largest absolute Gasteiger partial charge is 0.360 e. The van der Waals surface area contributed by atoms with E-state index in [2.05, 4.69) is 38.8 Å². The van der Waals surface area contributed by atoms with Crippen molar-refractivity contribution in [3.63, 3.8) is 0 Å². The van der Waals surface area contributed by atoms with Crippen molar-refractivity contribution in [1.29, 1.82) is 0 Å². The molecular weight excluding hydrogens is 382 g/mol. The molecule has 1 aliphatic carbocycles. The van der Waals surface area contributed by atoms with Gasteiger partial charge in [0, 0.05) is 41.8 Å². The van der Waals surface area contributed by atoms with Crippen LogP contribution in [0.3, 0.4) is 0 Å². The fourth-order valence-electron chi connectivity index (χ4n) is 4.15. The van der Waals surface area contributed by atoms with Crippen molar-refractivity contribution in [1.82, 2.24) is 24.6 Å². The van der Waals surface area contributed by atoms with E-state index < -0.39 is 0 Å². The Balaban J connectivity index is 1.41. The Morgan fingerprint density at radius 2 is 1.93 bits per heavy atom. The Morgan fingerprint density at radius 1 is 1.17 bits per heavy atom. The highest BCUT2D eigenvalue weighted by Gasteiger charge is 2.33. The van der Waals surface area contributed by atoms with Crippen LogP contribution in [-0.4, -0.2) is 48.9 Å². The number of hydrogen-bond acceptors (Lipinski definition) is 4. The number of carbonyl (C=O) groups is 1. The van der Waals surface area contributed by atoms with Gasteiger partial charge in [0.25, 0.3) is 0 Å². The number of amides is 1. The number of aromatic amines is 1. The minimum atomic E-state index is -0.152. The van der Waals surface area contributed by atoms with Crippen molar-refractivity contribution in [3.8, 4) is 11.4 Å². The van der Waals surface area contributed by atoms with E-state index in [1.165, 1.54) is 0 Å². The van der Waals surface area contributed by atoms with Crippen molar-refractivity contribution >= 4 is 28.6 Å². The Bertz CT molecular complexity index is 1030. The van der Waals surface area contributed by atoms with Gasteiger partial charge in [-0.2, -0.15) is 0 Å². The number of para-hydroxylation sites is 1. The molecule has 1 atom stereocenters. The number of piperidine rings is 1. The van der Waals surface area contributed by atoms with E-state index in [-0.39, 0.29) is 11.2 Å². The third-order valence-electron chi connectivity index (χ3n) is 6.13. The van der Waals surface area contributed by atoms with E-state index in [1.54, 1.807) is 11.8 Å². The molecular formula is C22H27N5OS. The number of rotatable bonds is 5. The minimum absolute atomic E-state index is 0.152. The van der Waals surface area contributed by atoms with Crippen LogP contribution in [0.5, 0.6) is 0 Å². The molecule has 3 aromatic rings. The van der Waals surface area contributed by atoms with Gasteiger partial charge in [0.2, 0.25) is 5.91 Å². The summed E-state index contributed by atoms with van der Waals surface area (Å²) in [6.45, 7) is 6.02. The van der Waals surface area contributed by atoms with Gasteiger partial charge in [-0.3, -0.25) is 9.36 Å². The number of hydrogen-bond donors (Lipinski definition) is 1. The highest BCUT2D eigenvalue weighted by molar-refractivity contribution is 8.00. The lowest BCUT2D eigenvalue weighted by atomic mass is 9.99. The van der Waals surface area contributed by atoms with Crippen molar-refractivity contribution in [3.05, 3.63) is 30.5 Å². The first-order chi connectivity index (χ1) is 14.1. The molecule has 0 spiro atoms. The van der Waals surface area contributed by atoms with E-state index >= 15 is 0 Å². The molecule has 0 radical (unpaired) electrons. The fraction of sp³-hybridized carbons (Fsp3) is 0.500. The molecule has 2 fully saturated rings. The summed E-state index contributed by atoms with van der Waals surface area (Å²) in [7, 11) is 0. The quantitative estimate of drug-likeness (QED) is 0.630. The third-order valence-corrected chi connectivity index (χ3v) is 7.18. The molecule has 1 aromatic carbocycles. The first-order valence-corrected chi connectivity index (χ1v) is 11.5. The van der Waals surface area contributed by atoms with Crippen LogP contribution in [0.25, 0.3) is 22.3 Å². The molecule has 152 valence electrons. The maximum Gasteiger partial charge on any atom is 0.235 e. The van der Waals surface area contributed by atoms with Crippen molar-refractivity contribution in [2.24, 2.45) is 5.92 Å². The van der Waals surface area contributed by atoms with Crippen LogP contribution in [0.15, 0.2) is 35.6 Å². The number of nitrogens with zero attached hydrogens (tertiary/aromatic N) is 4. The van der Waals surface area contributed by atoms with Crippen LogP contribution in [0, 0.1) is 5.92 Å². The van der Waals surface area contributed by atoms with Gasteiger partial charge in [0.1, 0.15) is 0 Å². The zero-order valence-electron chi connectivity index (χ0n) is 17.0. The maximum atomic E-state index is 13.0. The second-order valence-electron chi connectivity index (χ2n) is 8.42. The molecule has 1 saturated heterocycles. The Labute approximate surface area is 175 Å². The number of carbonyl (C=O) groups excluding carboxylic acids is 1. The van der Waals surface area contributed by atoms with E-state index in [1.807, 2.05) is 30.2 Å². The first-order valence-electron chi connectivity index (χ1n) is 10.6. The molecule has 1 N–H and O–H groups in total. The molecule has 2 aromatic heterocycles. The topological polar surface area (TPSA) is 66.8 Å². The molecule has 5 rings (SSSR count). The second kappa shape index (κ2) is 7.52. The third kappa shape index (κ3) is 3.56. The van der Waals surface area contributed by atoms with Gasteiger partial charge >= 0.3 is 0 Å². The van der Waals surface area contributed by atoms with Gasteiger partial charge in [0.05, 0.1) is 5.25 Å². The van der Waals surface area contributed by atoms with Crippen LogP contribution in [-0.2, 0) is 4.79 Å². The summed E-state index contributed by atoms with van der Waals surface area (Å²) in [5.41, 5.74) is 2.18. The highest BCUT2D eigenvalue weighted by Crippen LogP contribution is 2.43. The van der Waals surface area contributed by atoms with E-state index in [4.69, 9.17) is 0 Å². The number of nitrogens with one attached hydrogen (secondary N) is 1. The van der Waals surface area contributed by atoms with Crippen LogP contribution in [0.2, 0.25) is 0 Å². The zero-order valence-corrected chi connectivity index (χ0v) is 17.8. The van der Waals surface area contributed by atoms with Crippen molar-refractivity contribution in [2.75, 3.05) is 13.1 Å². The lowest BCUT2D eigenvalue weighted by molar-refractivity contribution is -0.131. The molecule has 1 saturated carbocycles. The number of fused-ring (bicyclic) bond motifs is 1. The molecule has 1 unspecified atom stereocenters. The SMILES string of the molecule is CC1CCN(C(=O)C(C)Sc2nnc(-c3c[nH]c4ccccc34)n2C2CC2)CC1. The highest BCUT2D eigenvalue weighted by atomic mass is 32.2. The van der Waals surface area contributed by atoms with Gasteiger partial charge in [-0.25, -0.2) is 0 Å². The van der Waals surface area contributed by atoms with Gasteiger partial charge in [0.15, 0.2) is 11.0 Å². The number of aromatic nitrogens is 4. The monoisotopic (exact) mass is 409 g/mol. The summed E-state index contributed by atoms with van der Waals surface area (Å²) < 4.78 is 2.25. The lowest BCUT2D eigenvalue weighted by Crippen LogP contribution is -2.41. The van der Waals surface area contributed by atoms with Gasteiger partial charge in [-0.15, -0.1) is 10.2 Å². The number of H-pyrrole nitrogens is 1. The molecule has 7 heteroatoms. The first kappa shape index (κ1) is 18.7. The summed E-state index contributed by atoms with van der Waals surface area (Å²) in [5, 5.41) is 10.9. The minimum Gasteiger partial charge on any atom is -0.360 e. The number of thioether (sulfide) groups is 1.